The minimum atomic E-state index is -3.25. The van der Waals surface area contributed by atoms with Crippen molar-refractivity contribution in [2.75, 3.05) is 46.2 Å². The topological polar surface area (TPSA) is 110 Å². The Morgan fingerprint density at radius 2 is 1.88 bits per heavy atom. The lowest BCUT2D eigenvalue weighted by molar-refractivity contribution is -0.152. The lowest BCUT2D eigenvalue weighted by atomic mass is 9.98. The number of carbonyl (C=O) groups excluding carboxylic acids is 3. The van der Waals surface area contributed by atoms with Crippen LogP contribution >= 0.6 is 0 Å². The van der Waals surface area contributed by atoms with Crippen LogP contribution in [0.4, 0.5) is 0 Å². The van der Waals surface area contributed by atoms with Crippen molar-refractivity contribution in [3.63, 3.8) is 0 Å². The van der Waals surface area contributed by atoms with Crippen LogP contribution < -0.4 is 4.74 Å². The van der Waals surface area contributed by atoms with Gasteiger partial charge in [0.1, 0.15) is 5.75 Å². The predicted molar refractivity (Wildman–Crippen MR) is 118 cm³/mol. The van der Waals surface area contributed by atoms with Gasteiger partial charge in [0, 0.05) is 32.8 Å². The first-order chi connectivity index (χ1) is 15.1. The van der Waals surface area contributed by atoms with Crippen molar-refractivity contribution in [1.29, 1.82) is 0 Å². The summed E-state index contributed by atoms with van der Waals surface area (Å²) >= 11 is 0. The number of sulfone groups is 1. The molecule has 2 rings (SSSR count). The fourth-order valence-electron chi connectivity index (χ4n) is 3.43. The van der Waals surface area contributed by atoms with E-state index in [4.69, 9.17) is 9.47 Å². The standard InChI is InChI=1S/C22H32N2O7S/c1-4-30-22(27)17-7-5-13-24(15-17)21(26)16-23(2)20(25)8-6-14-31-18-9-11-19(12-10-18)32(3,28)29/h9-12,17H,4-8,13-16H2,1-3H3. The molecule has 1 atom stereocenters. The van der Waals surface area contributed by atoms with Crippen molar-refractivity contribution in [2.45, 2.75) is 37.5 Å². The van der Waals surface area contributed by atoms with Gasteiger partial charge in [-0.15, -0.1) is 0 Å². The first kappa shape index (κ1) is 25.6. The zero-order chi connectivity index (χ0) is 23.7. The number of carbonyl (C=O) groups is 3. The van der Waals surface area contributed by atoms with Gasteiger partial charge < -0.3 is 19.3 Å². The maximum Gasteiger partial charge on any atom is 0.310 e. The molecular weight excluding hydrogens is 436 g/mol. The highest BCUT2D eigenvalue weighted by atomic mass is 32.2. The van der Waals surface area contributed by atoms with Crippen LogP contribution in [0.25, 0.3) is 0 Å². The van der Waals surface area contributed by atoms with Gasteiger partial charge in [0.25, 0.3) is 0 Å². The molecule has 0 bridgehead atoms. The predicted octanol–water partition coefficient (Wildman–Crippen LogP) is 1.51. The highest BCUT2D eigenvalue weighted by molar-refractivity contribution is 7.90. The van der Waals surface area contributed by atoms with E-state index in [0.29, 0.717) is 44.9 Å². The molecule has 32 heavy (non-hydrogen) atoms. The fraction of sp³-hybridized carbons (Fsp3) is 0.591. The number of ether oxygens (including phenoxy) is 2. The van der Waals surface area contributed by atoms with Crippen molar-refractivity contribution in [3.05, 3.63) is 24.3 Å². The second-order valence-electron chi connectivity index (χ2n) is 7.88. The highest BCUT2D eigenvalue weighted by Crippen LogP contribution is 2.19. The molecule has 1 saturated heterocycles. The van der Waals surface area contributed by atoms with E-state index in [1.54, 1.807) is 31.0 Å². The Balaban J connectivity index is 1.72. The number of rotatable bonds is 10. The minimum absolute atomic E-state index is 0.0395. The molecule has 0 aromatic heterocycles. The normalized spacial score (nSPS) is 16.3. The lowest BCUT2D eigenvalue weighted by Gasteiger charge is -2.32. The van der Waals surface area contributed by atoms with Crippen LogP contribution in [0.5, 0.6) is 5.75 Å². The Hall–Kier alpha value is -2.62. The van der Waals surface area contributed by atoms with Crippen LogP contribution in [0.15, 0.2) is 29.2 Å². The molecule has 0 N–H and O–H groups in total. The fourth-order valence-corrected chi connectivity index (χ4v) is 4.07. The van der Waals surface area contributed by atoms with Gasteiger partial charge in [0.2, 0.25) is 11.8 Å². The largest absolute Gasteiger partial charge is 0.494 e. The Morgan fingerprint density at radius 3 is 2.50 bits per heavy atom. The molecule has 1 aliphatic rings. The number of piperidine rings is 1. The molecule has 0 radical (unpaired) electrons. The Bertz CT molecular complexity index is 899. The van der Waals surface area contributed by atoms with Crippen LogP contribution in [0.1, 0.15) is 32.6 Å². The maximum atomic E-state index is 12.6. The van der Waals surface area contributed by atoms with Gasteiger partial charge in [-0.05, 0) is 50.5 Å². The molecule has 0 aliphatic carbocycles. The molecule has 0 saturated carbocycles. The third-order valence-corrected chi connectivity index (χ3v) is 6.38. The van der Waals surface area contributed by atoms with Crippen molar-refractivity contribution in [1.82, 2.24) is 9.80 Å². The molecular formula is C22H32N2O7S. The summed E-state index contributed by atoms with van der Waals surface area (Å²) in [6.07, 6.45) is 3.25. The Morgan fingerprint density at radius 1 is 1.19 bits per heavy atom. The highest BCUT2D eigenvalue weighted by Gasteiger charge is 2.30. The van der Waals surface area contributed by atoms with Crippen molar-refractivity contribution >= 4 is 27.6 Å². The van der Waals surface area contributed by atoms with Crippen molar-refractivity contribution < 1.29 is 32.3 Å². The average Bonchev–Trinajstić information content (AvgIpc) is 2.76. The second kappa shape index (κ2) is 11.8. The third kappa shape index (κ3) is 7.81. The molecule has 2 amide bonds. The summed E-state index contributed by atoms with van der Waals surface area (Å²) in [5, 5.41) is 0. The van der Waals surface area contributed by atoms with E-state index in [1.807, 2.05) is 0 Å². The SMILES string of the molecule is CCOC(=O)C1CCCN(C(=O)CN(C)C(=O)CCCOc2ccc(S(C)(=O)=O)cc2)C1. The van der Waals surface area contributed by atoms with Gasteiger partial charge >= 0.3 is 5.97 Å². The van der Waals surface area contributed by atoms with Crippen molar-refractivity contribution in [3.8, 4) is 5.75 Å². The Labute approximate surface area is 189 Å². The quantitative estimate of drug-likeness (QED) is 0.378. The number of esters is 1. The number of hydrogen-bond donors (Lipinski definition) is 0. The molecule has 1 fully saturated rings. The number of amides is 2. The van der Waals surface area contributed by atoms with Gasteiger partial charge in [-0.3, -0.25) is 14.4 Å². The lowest BCUT2D eigenvalue weighted by Crippen LogP contribution is -2.47. The molecule has 0 spiro atoms. The molecule has 178 valence electrons. The second-order valence-corrected chi connectivity index (χ2v) is 9.89. The summed E-state index contributed by atoms with van der Waals surface area (Å²) in [6, 6.07) is 6.10. The number of likely N-dealkylation sites (N-methyl/N-ethyl adjacent to an activating group) is 1. The summed E-state index contributed by atoms with van der Waals surface area (Å²) < 4.78 is 33.5. The first-order valence-electron chi connectivity index (χ1n) is 10.7. The molecule has 1 aromatic carbocycles. The average molecular weight is 469 g/mol. The number of nitrogens with zero attached hydrogens (tertiary/aromatic N) is 2. The Kier molecular flexibility index (Phi) is 9.49. The summed E-state index contributed by atoms with van der Waals surface area (Å²) in [7, 11) is -1.67. The number of likely N-dealkylation sites (tertiary alicyclic amines) is 1. The first-order valence-corrected chi connectivity index (χ1v) is 12.6. The number of hydrogen-bond acceptors (Lipinski definition) is 7. The van der Waals surface area contributed by atoms with Gasteiger partial charge in [-0.25, -0.2) is 8.42 Å². The number of benzene rings is 1. The molecule has 1 aromatic rings. The van der Waals surface area contributed by atoms with Crippen LogP contribution in [0.3, 0.4) is 0 Å². The molecule has 1 heterocycles. The van der Waals surface area contributed by atoms with Gasteiger partial charge in [-0.2, -0.15) is 0 Å². The molecule has 1 aliphatic heterocycles. The molecule has 1 unspecified atom stereocenters. The van der Waals surface area contributed by atoms with E-state index < -0.39 is 9.84 Å². The van der Waals surface area contributed by atoms with Crippen LogP contribution in [-0.4, -0.2) is 82.2 Å². The van der Waals surface area contributed by atoms with Crippen LogP contribution in [0, 0.1) is 5.92 Å². The summed E-state index contributed by atoms with van der Waals surface area (Å²) in [6.45, 7) is 3.22. The molecule has 9 nitrogen and oxygen atoms in total. The van der Waals surface area contributed by atoms with E-state index in [0.717, 1.165) is 12.7 Å². The summed E-state index contributed by atoms with van der Waals surface area (Å²) in [5.74, 6) is -0.419. The van der Waals surface area contributed by atoms with Crippen LogP contribution in [0.2, 0.25) is 0 Å². The van der Waals surface area contributed by atoms with Gasteiger partial charge in [-0.1, -0.05) is 0 Å². The summed E-state index contributed by atoms with van der Waals surface area (Å²) in [5.41, 5.74) is 0. The molecule has 10 heteroatoms. The third-order valence-electron chi connectivity index (χ3n) is 5.25. The van der Waals surface area contributed by atoms with Crippen LogP contribution in [-0.2, 0) is 29.0 Å². The van der Waals surface area contributed by atoms with E-state index in [2.05, 4.69) is 0 Å². The zero-order valence-corrected chi connectivity index (χ0v) is 19.7. The van der Waals surface area contributed by atoms with E-state index in [9.17, 15) is 22.8 Å². The zero-order valence-electron chi connectivity index (χ0n) is 18.9. The van der Waals surface area contributed by atoms with E-state index >= 15 is 0 Å². The minimum Gasteiger partial charge on any atom is -0.494 e. The monoisotopic (exact) mass is 468 g/mol. The van der Waals surface area contributed by atoms with Crippen molar-refractivity contribution in [2.24, 2.45) is 5.92 Å². The van der Waals surface area contributed by atoms with Gasteiger partial charge in [0.05, 0.1) is 30.6 Å². The van der Waals surface area contributed by atoms with Gasteiger partial charge in [0.15, 0.2) is 9.84 Å². The maximum absolute atomic E-state index is 12.6. The van der Waals surface area contributed by atoms with E-state index in [1.165, 1.54) is 17.0 Å². The smallest absolute Gasteiger partial charge is 0.310 e. The van der Waals surface area contributed by atoms with E-state index in [-0.39, 0.29) is 41.6 Å². The summed E-state index contributed by atoms with van der Waals surface area (Å²) in [4.78, 5) is 40.1.